The molecule has 4 heterocycles. The van der Waals surface area contributed by atoms with E-state index in [1.165, 1.54) is 11.0 Å². The fourth-order valence-corrected chi connectivity index (χ4v) is 4.49. The molecule has 1 unspecified atom stereocenters. The zero-order chi connectivity index (χ0) is 20.3. The minimum atomic E-state index is -0.491. The molecule has 1 fully saturated rings. The number of ether oxygens (including phenoxy) is 1. The molecular weight excluding hydrogens is 377 g/mol. The summed E-state index contributed by atoms with van der Waals surface area (Å²) in [5, 5.41) is 7.21. The lowest BCUT2D eigenvalue weighted by atomic mass is 10.0. The molecule has 2 aromatic rings. The van der Waals surface area contributed by atoms with Gasteiger partial charge in [0.15, 0.2) is 0 Å². The third-order valence-electron chi connectivity index (χ3n) is 5.90. The van der Waals surface area contributed by atoms with Gasteiger partial charge in [-0.3, -0.25) is 14.4 Å². The summed E-state index contributed by atoms with van der Waals surface area (Å²) in [7, 11) is 1.88. The topological polar surface area (TPSA) is 79.7 Å². The molecule has 2 atom stereocenters. The van der Waals surface area contributed by atoms with Crippen LogP contribution in [-0.4, -0.2) is 40.5 Å². The second kappa shape index (κ2) is 6.47. The van der Waals surface area contributed by atoms with Crippen molar-refractivity contribution < 1.29 is 18.7 Å². The van der Waals surface area contributed by atoms with Crippen LogP contribution in [0.5, 0.6) is 0 Å². The van der Waals surface area contributed by atoms with Gasteiger partial charge in [-0.1, -0.05) is 6.92 Å². The number of aromatic nitrogens is 2. The number of anilines is 2. The quantitative estimate of drug-likeness (QED) is 0.849. The summed E-state index contributed by atoms with van der Waals surface area (Å²) in [4.78, 5) is 27.4. The molecule has 5 rings (SSSR count). The Kier molecular flexibility index (Phi) is 4.01. The Morgan fingerprint density at radius 2 is 2.14 bits per heavy atom. The first-order valence-electron chi connectivity index (χ1n) is 9.80. The van der Waals surface area contributed by atoms with Gasteiger partial charge < -0.3 is 15.0 Å². The Balaban J connectivity index is 1.38. The number of hydrogen-bond acceptors (Lipinski definition) is 5. The summed E-state index contributed by atoms with van der Waals surface area (Å²) in [6.45, 7) is 3.20. The van der Waals surface area contributed by atoms with Gasteiger partial charge in [0, 0.05) is 37.8 Å². The molecule has 0 radical (unpaired) electrons. The van der Waals surface area contributed by atoms with Crippen LogP contribution in [0.25, 0.3) is 0 Å². The lowest BCUT2D eigenvalue weighted by molar-refractivity contribution is -0.121. The van der Waals surface area contributed by atoms with E-state index < -0.39 is 12.2 Å². The first-order chi connectivity index (χ1) is 13.9. The predicted molar refractivity (Wildman–Crippen MR) is 103 cm³/mol. The van der Waals surface area contributed by atoms with Crippen LogP contribution in [0.2, 0.25) is 0 Å². The first kappa shape index (κ1) is 18.0. The standard InChI is InChI=1S/C20H22FN5O3/c1-3-19(27)22-7-18-17-5-11-4-16(13(21)6-15(11)26(17)20(28)29-18)25-9-12-8-24(2)23-14(12)10-25/h4,6,8,17-18H,3,5,7,9-10H2,1-2H3,(H,22,27)/t17-,18?/m0/s1. The van der Waals surface area contributed by atoms with Crippen LogP contribution < -0.4 is 15.1 Å². The summed E-state index contributed by atoms with van der Waals surface area (Å²) >= 11 is 0. The SMILES string of the molecule is CCC(=O)NCC1OC(=O)N2c3cc(F)c(N4Cc5cn(C)nc5C4)cc3C[C@@H]12. The monoisotopic (exact) mass is 399 g/mol. The lowest BCUT2D eigenvalue weighted by Crippen LogP contribution is -2.40. The van der Waals surface area contributed by atoms with Crippen molar-refractivity contribution in [1.29, 1.82) is 0 Å². The summed E-state index contributed by atoms with van der Waals surface area (Å²) < 4.78 is 22.2. The third-order valence-corrected chi connectivity index (χ3v) is 5.90. The van der Waals surface area contributed by atoms with Gasteiger partial charge in [0.05, 0.1) is 36.2 Å². The van der Waals surface area contributed by atoms with Crippen LogP contribution in [0.3, 0.4) is 0 Å². The largest absolute Gasteiger partial charge is 0.442 e. The van der Waals surface area contributed by atoms with Crippen molar-refractivity contribution in [3.63, 3.8) is 0 Å². The number of rotatable bonds is 4. The number of amides is 2. The smallest absolute Gasteiger partial charge is 0.415 e. The van der Waals surface area contributed by atoms with Crippen LogP contribution in [-0.2, 0) is 36.1 Å². The number of benzene rings is 1. The van der Waals surface area contributed by atoms with Gasteiger partial charge in [-0.25, -0.2) is 9.18 Å². The molecule has 0 saturated carbocycles. The minimum absolute atomic E-state index is 0.0919. The Labute approximate surface area is 167 Å². The number of nitrogens with zero attached hydrogens (tertiary/aromatic N) is 4. The van der Waals surface area contributed by atoms with Crippen LogP contribution in [0.4, 0.5) is 20.6 Å². The Bertz CT molecular complexity index is 996. The number of nitrogens with one attached hydrogen (secondary N) is 1. The number of hydrogen-bond donors (Lipinski definition) is 1. The van der Waals surface area contributed by atoms with Crippen molar-refractivity contribution in [1.82, 2.24) is 15.1 Å². The van der Waals surface area contributed by atoms with Crippen molar-refractivity contribution in [3.8, 4) is 0 Å². The van der Waals surface area contributed by atoms with E-state index in [4.69, 9.17) is 4.74 Å². The maximum absolute atomic E-state index is 15.0. The van der Waals surface area contributed by atoms with Crippen LogP contribution >= 0.6 is 0 Å². The molecule has 8 nitrogen and oxygen atoms in total. The number of cyclic esters (lactones) is 1. The van der Waals surface area contributed by atoms with Crippen LogP contribution in [0, 0.1) is 5.82 Å². The zero-order valence-electron chi connectivity index (χ0n) is 16.3. The second-order valence-corrected chi connectivity index (χ2v) is 7.78. The number of fused-ring (bicyclic) bond motifs is 4. The predicted octanol–water partition coefficient (Wildman–Crippen LogP) is 1.86. The summed E-state index contributed by atoms with van der Waals surface area (Å²) in [6, 6.07) is 3.03. The molecule has 9 heteroatoms. The van der Waals surface area contributed by atoms with Gasteiger partial charge in [0.2, 0.25) is 5.91 Å². The van der Waals surface area contributed by atoms with Gasteiger partial charge >= 0.3 is 6.09 Å². The lowest BCUT2D eigenvalue weighted by Gasteiger charge is -2.20. The zero-order valence-corrected chi connectivity index (χ0v) is 16.3. The van der Waals surface area contributed by atoms with E-state index in [0.717, 1.165) is 16.8 Å². The van der Waals surface area contributed by atoms with Gasteiger partial charge in [0.25, 0.3) is 0 Å². The average Bonchev–Trinajstić information content (AvgIpc) is 3.39. The van der Waals surface area contributed by atoms with E-state index in [-0.39, 0.29) is 24.3 Å². The molecule has 0 spiro atoms. The number of aryl methyl sites for hydroxylation is 1. The molecule has 2 amide bonds. The maximum atomic E-state index is 15.0. The van der Waals surface area contributed by atoms with E-state index in [1.807, 2.05) is 24.2 Å². The van der Waals surface area contributed by atoms with E-state index in [1.54, 1.807) is 11.6 Å². The normalized spacial score (nSPS) is 21.8. The summed E-state index contributed by atoms with van der Waals surface area (Å²) in [5.74, 6) is -0.458. The Morgan fingerprint density at radius 3 is 2.90 bits per heavy atom. The summed E-state index contributed by atoms with van der Waals surface area (Å²) in [6.07, 6.45) is 1.97. The average molecular weight is 399 g/mol. The van der Waals surface area contributed by atoms with Gasteiger partial charge in [0.1, 0.15) is 11.9 Å². The minimum Gasteiger partial charge on any atom is -0.442 e. The second-order valence-electron chi connectivity index (χ2n) is 7.78. The van der Waals surface area contributed by atoms with Crippen LogP contribution in [0.15, 0.2) is 18.3 Å². The molecule has 1 N–H and O–H groups in total. The number of carbonyl (C=O) groups excluding carboxylic acids is 2. The number of carbonyl (C=O) groups is 2. The van der Waals surface area contributed by atoms with Crippen LogP contribution in [0.1, 0.15) is 30.2 Å². The van der Waals surface area contributed by atoms with Gasteiger partial charge in [-0.2, -0.15) is 5.10 Å². The van der Waals surface area contributed by atoms with Crippen molar-refractivity contribution in [2.75, 3.05) is 16.3 Å². The molecule has 1 aromatic heterocycles. The van der Waals surface area contributed by atoms with E-state index in [9.17, 15) is 14.0 Å². The fourth-order valence-electron chi connectivity index (χ4n) is 4.49. The highest BCUT2D eigenvalue weighted by molar-refractivity contribution is 5.94. The van der Waals surface area contributed by atoms with Crippen molar-refractivity contribution in [3.05, 3.63) is 41.0 Å². The molecule has 0 bridgehead atoms. The molecule has 3 aliphatic rings. The molecule has 1 aromatic carbocycles. The molecule has 3 aliphatic heterocycles. The van der Waals surface area contributed by atoms with E-state index in [2.05, 4.69) is 10.4 Å². The molecule has 152 valence electrons. The third kappa shape index (κ3) is 2.83. The van der Waals surface area contributed by atoms with Crippen molar-refractivity contribution >= 4 is 23.4 Å². The first-order valence-corrected chi connectivity index (χ1v) is 9.80. The van der Waals surface area contributed by atoms with E-state index in [0.29, 0.717) is 37.3 Å². The molecule has 29 heavy (non-hydrogen) atoms. The fraction of sp³-hybridized carbons (Fsp3) is 0.450. The van der Waals surface area contributed by atoms with Gasteiger partial charge in [-0.05, 0) is 18.1 Å². The Morgan fingerprint density at radius 1 is 1.31 bits per heavy atom. The molecular formula is C20H22FN5O3. The molecule has 1 saturated heterocycles. The highest BCUT2D eigenvalue weighted by Crippen LogP contribution is 2.42. The Hall–Kier alpha value is -3.10. The van der Waals surface area contributed by atoms with Crippen molar-refractivity contribution in [2.24, 2.45) is 7.05 Å². The number of halogens is 1. The van der Waals surface area contributed by atoms with E-state index >= 15 is 0 Å². The summed E-state index contributed by atoms with van der Waals surface area (Å²) in [5.41, 5.74) is 4.06. The maximum Gasteiger partial charge on any atom is 0.415 e. The molecule has 0 aliphatic carbocycles. The highest BCUT2D eigenvalue weighted by atomic mass is 19.1. The van der Waals surface area contributed by atoms with Crippen molar-refractivity contribution in [2.45, 2.75) is 45.0 Å². The van der Waals surface area contributed by atoms with Gasteiger partial charge in [-0.15, -0.1) is 0 Å². The highest BCUT2D eigenvalue weighted by Gasteiger charge is 2.48.